The normalized spacial score (nSPS) is 10.3. The Morgan fingerprint density at radius 2 is 2.06 bits per heavy atom. The lowest BCUT2D eigenvalue weighted by Crippen LogP contribution is -2.03. The van der Waals surface area contributed by atoms with E-state index < -0.39 is 0 Å². The van der Waals surface area contributed by atoms with Crippen molar-refractivity contribution in [1.82, 2.24) is 0 Å². The van der Waals surface area contributed by atoms with Crippen LogP contribution < -0.4 is 0 Å². The van der Waals surface area contributed by atoms with Crippen LogP contribution in [-0.4, -0.2) is 13.1 Å². The fraction of sp³-hybridized carbons (Fsp3) is 0.308. The Bertz CT molecular complexity index is 330. The summed E-state index contributed by atoms with van der Waals surface area (Å²) in [5, 5.41) is 0. The lowest BCUT2D eigenvalue weighted by atomic mass is 10.2. The van der Waals surface area contributed by atoms with E-state index in [1.807, 2.05) is 30.3 Å². The number of hydrogen-bond donors (Lipinski definition) is 0. The summed E-state index contributed by atoms with van der Waals surface area (Å²) in [6.45, 7) is 0.341. The molecule has 0 atom stereocenters. The Balaban J connectivity index is 2.18. The largest absolute Gasteiger partial charge is 0.505 e. The molecule has 0 spiro atoms. The Morgan fingerprint density at radius 1 is 1.31 bits per heavy atom. The van der Waals surface area contributed by atoms with Crippen molar-refractivity contribution in [2.45, 2.75) is 19.4 Å². The first-order valence-electron chi connectivity index (χ1n) is 5.20. The number of ether oxygens (including phenoxy) is 2. The van der Waals surface area contributed by atoms with Crippen LogP contribution in [0.4, 0.5) is 0 Å². The van der Waals surface area contributed by atoms with Crippen LogP contribution in [0.2, 0.25) is 0 Å². The molecule has 0 unspecified atom stereocenters. The summed E-state index contributed by atoms with van der Waals surface area (Å²) >= 11 is 0. The van der Waals surface area contributed by atoms with Crippen LogP contribution in [0, 0.1) is 0 Å². The lowest BCUT2D eigenvalue weighted by Gasteiger charge is -2.03. The van der Waals surface area contributed by atoms with Gasteiger partial charge in [-0.3, -0.25) is 4.79 Å². The molecule has 3 heteroatoms. The maximum atomic E-state index is 11.3. The van der Waals surface area contributed by atoms with Crippen LogP contribution in [0.25, 0.3) is 0 Å². The molecule has 0 aliphatic carbocycles. The molecule has 0 fully saturated rings. The summed E-state index contributed by atoms with van der Waals surface area (Å²) in [6, 6.07) is 9.63. The van der Waals surface area contributed by atoms with Gasteiger partial charge < -0.3 is 9.47 Å². The lowest BCUT2D eigenvalue weighted by molar-refractivity contribution is -0.144. The molecule has 0 saturated carbocycles. The average molecular weight is 220 g/mol. The van der Waals surface area contributed by atoms with E-state index in [1.165, 1.54) is 0 Å². The third kappa shape index (κ3) is 5.20. The van der Waals surface area contributed by atoms with Crippen LogP contribution in [0.3, 0.4) is 0 Å². The van der Waals surface area contributed by atoms with Crippen molar-refractivity contribution in [1.29, 1.82) is 0 Å². The van der Waals surface area contributed by atoms with Crippen molar-refractivity contribution in [3.63, 3.8) is 0 Å². The van der Waals surface area contributed by atoms with E-state index in [0.717, 1.165) is 5.56 Å². The minimum atomic E-state index is -0.190. The second kappa shape index (κ2) is 7.51. The zero-order chi connectivity index (χ0) is 11.6. The second-order valence-corrected chi connectivity index (χ2v) is 3.29. The molecule has 0 heterocycles. The van der Waals surface area contributed by atoms with Crippen molar-refractivity contribution in [2.24, 2.45) is 0 Å². The minimum Gasteiger partial charge on any atom is -0.505 e. The summed E-state index contributed by atoms with van der Waals surface area (Å²) in [6.07, 6.45) is 4.38. The Morgan fingerprint density at radius 3 is 2.75 bits per heavy atom. The van der Waals surface area contributed by atoms with E-state index in [4.69, 9.17) is 9.47 Å². The van der Waals surface area contributed by atoms with Gasteiger partial charge in [0.2, 0.25) is 0 Å². The molecular formula is C13H16O3. The summed E-state index contributed by atoms with van der Waals surface area (Å²) < 4.78 is 9.81. The van der Waals surface area contributed by atoms with Crippen molar-refractivity contribution in [3.05, 3.63) is 48.2 Å². The predicted molar refractivity (Wildman–Crippen MR) is 61.6 cm³/mol. The van der Waals surface area contributed by atoms with E-state index in [9.17, 15) is 4.79 Å². The van der Waals surface area contributed by atoms with Gasteiger partial charge >= 0.3 is 5.97 Å². The first-order chi connectivity index (χ1) is 7.83. The third-order valence-corrected chi connectivity index (χ3v) is 1.99. The molecule has 0 bridgehead atoms. The maximum Gasteiger partial charge on any atom is 0.306 e. The van der Waals surface area contributed by atoms with Gasteiger partial charge in [0.25, 0.3) is 0 Å². The molecule has 0 N–H and O–H groups in total. The summed E-state index contributed by atoms with van der Waals surface area (Å²) in [5.41, 5.74) is 1.00. The van der Waals surface area contributed by atoms with Crippen molar-refractivity contribution in [2.75, 3.05) is 7.11 Å². The van der Waals surface area contributed by atoms with Crippen LogP contribution in [-0.2, 0) is 20.9 Å². The van der Waals surface area contributed by atoms with Crippen LogP contribution in [0.1, 0.15) is 18.4 Å². The van der Waals surface area contributed by atoms with Crippen LogP contribution >= 0.6 is 0 Å². The summed E-state index contributed by atoms with van der Waals surface area (Å²) in [7, 11) is 1.57. The molecule has 16 heavy (non-hydrogen) atoms. The van der Waals surface area contributed by atoms with Gasteiger partial charge in [-0.2, -0.15) is 0 Å². The van der Waals surface area contributed by atoms with E-state index in [1.54, 1.807) is 19.4 Å². The molecule has 0 aliphatic rings. The molecule has 3 nitrogen and oxygen atoms in total. The molecule has 0 amide bonds. The SMILES string of the molecule is CO/C=C/CCC(=O)OCc1ccccc1. The number of methoxy groups -OCH3 is 1. The van der Waals surface area contributed by atoms with Gasteiger partial charge in [0.1, 0.15) is 6.61 Å². The number of allylic oxidation sites excluding steroid dienone is 1. The first-order valence-corrected chi connectivity index (χ1v) is 5.20. The highest BCUT2D eigenvalue weighted by molar-refractivity contribution is 5.69. The van der Waals surface area contributed by atoms with E-state index in [2.05, 4.69) is 0 Å². The highest BCUT2D eigenvalue weighted by atomic mass is 16.5. The quantitative estimate of drug-likeness (QED) is 0.546. The molecule has 0 saturated heterocycles. The van der Waals surface area contributed by atoms with Gasteiger partial charge in [0, 0.05) is 6.42 Å². The number of rotatable bonds is 6. The van der Waals surface area contributed by atoms with E-state index in [0.29, 0.717) is 19.4 Å². The van der Waals surface area contributed by atoms with Gasteiger partial charge in [-0.05, 0) is 18.1 Å². The number of benzene rings is 1. The minimum absolute atomic E-state index is 0.190. The summed E-state index contributed by atoms with van der Waals surface area (Å²) in [4.78, 5) is 11.3. The number of carbonyl (C=O) groups excluding carboxylic acids is 1. The van der Waals surface area contributed by atoms with Crippen molar-refractivity contribution in [3.8, 4) is 0 Å². The highest BCUT2D eigenvalue weighted by Crippen LogP contribution is 2.02. The number of hydrogen-bond acceptors (Lipinski definition) is 3. The predicted octanol–water partition coefficient (Wildman–Crippen LogP) is 2.67. The van der Waals surface area contributed by atoms with Crippen LogP contribution in [0.5, 0.6) is 0 Å². The average Bonchev–Trinajstić information content (AvgIpc) is 2.33. The zero-order valence-corrected chi connectivity index (χ0v) is 9.39. The standard InChI is InChI=1S/C13H16O3/c1-15-10-6-5-9-13(14)16-11-12-7-3-2-4-8-12/h2-4,6-8,10H,5,9,11H2,1H3/b10-6+. The molecule has 86 valence electrons. The molecule has 0 radical (unpaired) electrons. The Labute approximate surface area is 95.7 Å². The Kier molecular flexibility index (Phi) is 5.78. The third-order valence-electron chi connectivity index (χ3n) is 1.99. The Hall–Kier alpha value is -1.77. The highest BCUT2D eigenvalue weighted by Gasteiger charge is 2.01. The fourth-order valence-corrected chi connectivity index (χ4v) is 1.18. The van der Waals surface area contributed by atoms with Gasteiger partial charge in [-0.1, -0.05) is 30.3 Å². The number of esters is 1. The van der Waals surface area contributed by atoms with Gasteiger partial charge in [0.15, 0.2) is 0 Å². The molecule has 1 rings (SSSR count). The van der Waals surface area contributed by atoms with Gasteiger partial charge in [0.05, 0.1) is 13.4 Å². The van der Waals surface area contributed by atoms with Gasteiger partial charge in [-0.25, -0.2) is 0 Å². The van der Waals surface area contributed by atoms with E-state index in [-0.39, 0.29) is 5.97 Å². The topological polar surface area (TPSA) is 35.5 Å². The second-order valence-electron chi connectivity index (χ2n) is 3.29. The molecule has 1 aromatic carbocycles. The molecular weight excluding hydrogens is 204 g/mol. The fourth-order valence-electron chi connectivity index (χ4n) is 1.18. The zero-order valence-electron chi connectivity index (χ0n) is 9.39. The van der Waals surface area contributed by atoms with Crippen molar-refractivity contribution < 1.29 is 14.3 Å². The smallest absolute Gasteiger partial charge is 0.306 e. The molecule has 1 aromatic rings. The van der Waals surface area contributed by atoms with E-state index >= 15 is 0 Å². The monoisotopic (exact) mass is 220 g/mol. The number of carbonyl (C=O) groups is 1. The molecule has 0 aromatic heterocycles. The van der Waals surface area contributed by atoms with Crippen LogP contribution in [0.15, 0.2) is 42.7 Å². The maximum absolute atomic E-state index is 11.3. The summed E-state index contributed by atoms with van der Waals surface area (Å²) in [5.74, 6) is -0.190. The first kappa shape index (κ1) is 12.3. The van der Waals surface area contributed by atoms with Crippen molar-refractivity contribution >= 4 is 5.97 Å². The molecule has 0 aliphatic heterocycles. The van der Waals surface area contributed by atoms with Gasteiger partial charge in [-0.15, -0.1) is 0 Å².